The van der Waals surface area contributed by atoms with E-state index in [2.05, 4.69) is 5.16 Å². The molecule has 1 heterocycles. The van der Waals surface area contributed by atoms with Crippen LogP contribution in [0.2, 0.25) is 0 Å². The van der Waals surface area contributed by atoms with Crippen molar-refractivity contribution in [1.29, 1.82) is 0 Å². The fourth-order valence-electron chi connectivity index (χ4n) is 1.82. The number of carbonyl (C=O) groups is 1. The van der Waals surface area contributed by atoms with Crippen LogP contribution >= 0.6 is 0 Å². The van der Waals surface area contributed by atoms with Gasteiger partial charge in [0.15, 0.2) is 0 Å². The quantitative estimate of drug-likeness (QED) is 0.623. The summed E-state index contributed by atoms with van der Waals surface area (Å²) < 4.78 is 5.09. The Bertz CT molecular complexity index is 629. The minimum atomic E-state index is -0.464. The zero-order chi connectivity index (χ0) is 14.0. The summed E-state index contributed by atoms with van der Waals surface area (Å²) in [6.45, 7) is 3.23. The van der Waals surface area contributed by atoms with Crippen molar-refractivity contribution < 1.29 is 14.2 Å². The Morgan fingerprint density at radius 1 is 1.37 bits per heavy atom. The molecule has 2 rings (SSSR count). The van der Waals surface area contributed by atoms with Crippen LogP contribution in [0.5, 0.6) is 0 Å². The number of rotatable bonds is 4. The highest BCUT2D eigenvalue weighted by Gasteiger charge is 2.16. The lowest BCUT2D eigenvalue weighted by Gasteiger charge is -2.00. The maximum absolute atomic E-state index is 11.2. The molecule has 0 amide bonds. The molecule has 1 aromatic heterocycles. The summed E-state index contributed by atoms with van der Waals surface area (Å²) in [4.78, 5) is 21.4. The van der Waals surface area contributed by atoms with Gasteiger partial charge in [-0.05, 0) is 26.0 Å². The third-order valence-electron chi connectivity index (χ3n) is 2.76. The normalized spacial score (nSPS) is 10.4. The lowest BCUT2D eigenvalue weighted by atomic mass is 10.0. The zero-order valence-electron chi connectivity index (χ0n) is 10.5. The Hall–Kier alpha value is -2.50. The number of non-ortho nitro benzene ring substituents is 1. The van der Waals surface area contributed by atoms with Crippen LogP contribution in [0.25, 0.3) is 11.3 Å². The van der Waals surface area contributed by atoms with E-state index in [-0.39, 0.29) is 17.9 Å². The molecule has 0 aliphatic carbocycles. The molecule has 0 unspecified atom stereocenters. The highest BCUT2D eigenvalue weighted by molar-refractivity contribution is 5.81. The summed E-state index contributed by atoms with van der Waals surface area (Å²) in [7, 11) is 0. The first-order valence-electron chi connectivity index (χ1n) is 5.68. The maximum atomic E-state index is 11.2. The molecule has 0 N–H and O–H groups in total. The van der Waals surface area contributed by atoms with Crippen LogP contribution in [-0.4, -0.2) is 15.9 Å². The summed E-state index contributed by atoms with van der Waals surface area (Å²) >= 11 is 0. The minimum absolute atomic E-state index is 0.00876. The number of Topliss-reactive ketones (excluding diaryl/α,β-unsaturated/α-hetero) is 1. The molecule has 98 valence electrons. The van der Waals surface area contributed by atoms with Gasteiger partial charge in [-0.2, -0.15) is 0 Å². The van der Waals surface area contributed by atoms with Crippen molar-refractivity contribution in [2.75, 3.05) is 0 Å². The number of nitro benzene ring substituents is 1. The number of hydrogen-bond acceptors (Lipinski definition) is 5. The van der Waals surface area contributed by atoms with E-state index in [1.165, 1.54) is 19.1 Å². The minimum Gasteiger partial charge on any atom is -0.361 e. The zero-order valence-corrected chi connectivity index (χ0v) is 10.5. The van der Waals surface area contributed by atoms with Crippen molar-refractivity contribution in [1.82, 2.24) is 5.16 Å². The van der Waals surface area contributed by atoms with Gasteiger partial charge in [0, 0.05) is 29.7 Å². The van der Waals surface area contributed by atoms with E-state index in [4.69, 9.17) is 4.52 Å². The van der Waals surface area contributed by atoms with Gasteiger partial charge < -0.3 is 4.52 Å². The summed E-state index contributed by atoms with van der Waals surface area (Å²) in [6.07, 6.45) is 0.238. The molecular formula is C13H12N2O4. The molecule has 0 saturated carbocycles. The number of carbonyl (C=O) groups excluding carboxylic acids is 1. The van der Waals surface area contributed by atoms with Crippen molar-refractivity contribution in [3.63, 3.8) is 0 Å². The van der Waals surface area contributed by atoms with E-state index in [0.717, 1.165) is 5.56 Å². The molecule has 19 heavy (non-hydrogen) atoms. The van der Waals surface area contributed by atoms with E-state index in [9.17, 15) is 14.9 Å². The van der Waals surface area contributed by atoms with Crippen LogP contribution < -0.4 is 0 Å². The summed E-state index contributed by atoms with van der Waals surface area (Å²) in [5.41, 5.74) is 1.99. The van der Waals surface area contributed by atoms with Crippen molar-refractivity contribution >= 4 is 11.5 Å². The van der Waals surface area contributed by atoms with E-state index < -0.39 is 4.92 Å². The van der Waals surface area contributed by atoms with Crippen LogP contribution in [0.4, 0.5) is 5.69 Å². The topological polar surface area (TPSA) is 86.2 Å². The van der Waals surface area contributed by atoms with Crippen LogP contribution in [0.3, 0.4) is 0 Å². The molecular weight excluding hydrogens is 248 g/mol. The van der Waals surface area contributed by atoms with Gasteiger partial charge in [-0.15, -0.1) is 0 Å². The third kappa shape index (κ3) is 2.67. The second kappa shape index (κ2) is 5.01. The van der Waals surface area contributed by atoms with Crippen molar-refractivity contribution in [3.8, 4) is 11.3 Å². The SMILES string of the molecule is CC(=O)Cc1c(-c2ccc([N+](=O)[O-])cc2)noc1C. The van der Waals surface area contributed by atoms with Gasteiger partial charge in [-0.25, -0.2) is 0 Å². The third-order valence-corrected chi connectivity index (χ3v) is 2.76. The number of ketones is 1. The van der Waals surface area contributed by atoms with Gasteiger partial charge >= 0.3 is 0 Å². The predicted octanol–water partition coefficient (Wildman–Crippen LogP) is 2.69. The first kappa shape index (κ1) is 12.9. The molecule has 0 bridgehead atoms. The van der Waals surface area contributed by atoms with Crippen molar-refractivity contribution in [2.45, 2.75) is 20.3 Å². The number of aryl methyl sites for hydroxylation is 1. The Morgan fingerprint density at radius 2 is 2.00 bits per heavy atom. The van der Waals surface area contributed by atoms with Crippen LogP contribution in [-0.2, 0) is 11.2 Å². The molecule has 0 radical (unpaired) electrons. The Labute approximate surface area is 109 Å². The lowest BCUT2D eigenvalue weighted by Crippen LogP contribution is -1.98. The van der Waals surface area contributed by atoms with Gasteiger partial charge in [0.05, 0.1) is 4.92 Å². The summed E-state index contributed by atoms with van der Waals surface area (Å²) in [5.74, 6) is 0.595. The van der Waals surface area contributed by atoms with Crippen LogP contribution in [0.15, 0.2) is 28.8 Å². The molecule has 0 atom stereocenters. The Morgan fingerprint density at radius 3 is 2.53 bits per heavy atom. The maximum Gasteiger partial charge on any atom is 0.269 e. The Kier molecular flexibility index (Phi) is 3.41. The van der Waals surface area contributed by atoms with Gasteiger partial charge in [0.1, 0.15) is 17.2 Å². The lowest BCUT2D eigenvalue weighted by molar-refractivity contribution is -0.384. The van der Waals surface area contributed by atoms with Crippen LogP contribution in [0.1, 0.15) is 18.2 Å². The monoisotopic (exact) mass is 260 g/mol. The molecule has 6 heteroatoms. The highest BCUT2D eigenvalue weighted by Crippen LogP contribution is 2.27. The molecule has 0 spiro atoms. The second-order valence-corrected chi connectivity index (χ2v) is 4.25. The molecule has 6 nitrogen and oxygen atoms in total. The standard InChI is InChI=1S/C13H12N2O4/c1-8(16)7-12-9(2)19-14-13(12)10-3-5-11(6-4-10)15(17)18/h3-6H,7H2,1-2H3. The van der Waals surface area contributed by atoms with Crippen LogP contribution in [0, 0.1) is 17.0 Å². The molecule has 0 aliphatic heterocycles. The second-order valence-electron chi connectivity index (χ2n) is 4.25. The van der Waals surface area contributed by atoms with Gasteiger partial charge in [-0.3, -0.25) is 14.9 Å². The van der Waals surface area contributed by atoms with Gasteiger partial charge in [0.25, 0.3) is 5.69 Å². The van der Waals surface area contributed by atoms with Gasteiger partial charge in [-0.1, -0.05) is 5.16 Å². The number of benzene rings is 1. The molecule has 0 fully saturated rings. The number of nitrogens with zero attached hydrogens (tertiary/aromatic N) is 2. The predicted molar refractivity (Wildman–Crippen MR) is 67.7 cm³/mol. The first-order chi connectivity index (χ1) is 8.99. The molecule has 2 aromatic rings. The fourth-order valence-corrected chi connectivity index (χ4v) is 1.82. The summed E-state index contributed by atoms with van der Waals surface area (Å²) in [6, 6.07) is 5.99. The van der Waals surface area contributed by atoms with Crippen molar-refractivity contribution in [3.05, 3.63) is 45.7 Å². The summed E-state index contributed by atoms with van der Waals surface area (Å²) in [5, 5.41) is 14.5. The molecule has 0 saturated heterocycles. The largest absolute Gasteiger partial charge is 0.361 e. The number of nitro groups is 1. The van der Waals surface area contributed by atoms with E-state index in [0.29, 0.717) is 17.0 Å². The highest BCUT2D eigenvalue weighted by atomic mass is 16.6. The van der Waals surface area contributed by atoms with E-state index in [1.54, 1.807) is 19.1 Å². The van der Waals surface area contributed by atoms with E-state index >= 15 is 0 Å². The Balaban J connectivity index is 2.41. The smallest absolute Gasteiger partial charge is 0.269 e. The van der Waals surface area contributed by atoms with Gasteiger partial charge in [0.2, 0.25) is 0 Å². The number of hydrogen-bond donors (Lipinski definition) is 0. The average Bonchev–Trinajstić information content (AvgIpc) is 2.71. The number of aromatic nitrogens is 1. The first-order valence-corrected chi connectivity index (χ1v) is 5.68. The van der Waals surface area contributed by atoms with E-state index in [1.807, 2.05) is 0 Å². The average molecular weight is 260 g/mol. The van der Waals surface area contributed by atoms with Crippen molar-refractivity contribution in [2.24, 2.45) is 0 Å². The fraction of sp³-hybridized carbons (Fsp3) is 0.231. The molecule has 0 aliphatic rings. The molecule has 1 aromatic carbocycles.